The smallest absolute Gasteiger partial charge is 0.233 e. The Hall–Kier alpha value is -2.08. The molecule has 1 amide bonds. The van der Waals surface area contributed by atoms with Crippen LogP contribution in [0.5, 0.6) is 0 Å². The fourth-order valence-corrected chi connectivity index (χ4v) is 2.28. The molecule has 0 saturated carbocycles. The maximum absolute atomic E-state index is 11.4. The van der Waals surface area contributed by atoms with Crippen molar-refractivity contribution in [1.82, 2.24) is 4.72 Å². The predicted molar refractivity (Wildman–Crippen MR) is 75.5 cm³/mol. The second-order valence-electron chi connectivity index (χ2n) is 4.43. The van der Waals surface area contributed by atoms with E-state index in [1.54, 1.807) is 6.07 Å². The number of sulfonamides is 1. The lowest BCUT2D eigenvalue weighted by Gasteiger charge is -2.01. The molecule has 20 heavy (non-hydrogen) atoms. The summed E-state index contributed by atoms with van der Waals surface area (Å²) < 4.78 is 29.3. The van der Waals surface area contributed by atoms with Gasteiger partial charge in [0.15, 0.2) is 0 Å². The van der Waals surface area contributed by atoms with Crippen LogP contribution in [0.25, 0.3) is 11.3 Å². The third-order valence-corrected chi connectivity index (χ3v) is 3.22. The van der Waals surface area contributed by atoms with Crippen LogP contribution in [0, 0.1) is 0 Å². The summed E-state index contributed by atoms with van der Waals surface area (Å²) in [5.74, 6) is 0.835. The van der Waals surface area contributed by atoms with E-state index in [1.807, 2.05) is 41.1 Å². The Bertz CT molecular complexity index is 689. The van der Waals surface area contributed by atoms with Crippen LogP contribution in [0.15, 0.2) is 46.9 Å². The minimum absolute atomic E-state index is 0.0643. The van der Waals surface area contributed by atoms with Gasteiger partial charge in [-0.3, -0.25) is 9.52 Å². The molecule has 0 atom stereocenters. The van der Waals surface area contributed by atoms with Gasteiger partial charge in [-0.2, -0.15) is 0 Å². The number of nitrogens with one attached hydrogen (secondary N) is 1. The Kier molecular flexibility index (Phi) is 4.24. The predicted octanol–water partition coefficient (Wildman–Crippen LogP) is 1.96. The Morgan fingerprint density at radius 1 is 1.15 bits per heavy atom. The largest absolute Gasteiger partial charge is 0.461 e. The van der Waals surface area contributed by atoms with Crippen LogP contribution in [0.3, 0.4) is 0 Å². The quantitative estimate of drug-likeness (QED) is 0.914. The molecule has 1 N–H and O–H groups in total. The van der Waals surface area contributed by atoms with Gasteiger partial charge in [-0.25, -0.2) is 8.42 Å². The molecule has 1 aromatic heterocycles. The summed E-state index contributed by atoms with van der Waals surface area (Å²) in [5, 5.41) is 0. The summed E-state index contributed by atoms with van der Waals surface area (Å²) in [7, 11) is -3.50. The van der Waals surface area contributed by atoms with E-state index >= 15 is 0 Å². The number of carbonyl (C=O) groups excluding carboxylic acids is 1. The van der Waals surface area contributed by atoms with Crippen molar-refractivity contribution < 1.29 is 17.6 Å². The van der Waals surface area contributed by atoms with Gasteiger partial charge >= 0.3 is 0 Å². The van der Waals surface area contributed by atoms with Crippen molar-refractivity contribution in [2.75, 3.05) is 6.26 Å². The minimum atomic E-state index is -3.50. The highest BCUT2D eigenvalue weighted by molar-refractivity contribution is 7.89. The van der Waals surface area contributed by atoms with E-state index in [0.717, 1.165) is 17.6 Å². The summed E-state index contributed by atoms with van der Waals surface area (Å²) in [6.45, 7) is 0. The zero-order valence-electron chi connectivity index (χ0n) is 11.0. The first-order valence-corrected chi connectivity index (χ1v) is 7.98. The summed E-state index contributed by atoms with van der Waals surface area (Å²) in [6.07, 6.45) is 1.37. The first kappa shape index (κ1) is 14.3. The van der Waals surface area contributed by atoms with Crippen molar-refractivity contribution >= 4 is 15.9 Å². The lowest BCUT2D eigenvalue weighted by molar-refractivity contribution is -0.119. The Morgan fingerprint density at radius 2 is 1.85 bits per heavy atom. The molecule has 0 unspecified atom stereocenters. The fraction of sp³-hybridized carbons (Fsp3) is 0.214. The molecular weight excluding hydrogens is 278 g/mol. The lowest BCUT2D eigenvalue weighted by Crippen LogP contribution is -2.29. The van der Waals surface area contributed by atoms with E-state index in [9.17, 15) is 13.2 Å². The summed E-state index contributed by atoms with van der Waals surface area (Å²) in [4.78, 5) is 11.4. The molecule has 0 saturated heterocycles. The molecule has 0 spiro atoms. The second kappa shape index (κ2) is 5.92. The monoisotopic (exact) mass is 293 g/mol. The van der Waals surface area contributed by atoms with Crippen LogP contribution < -0.4 is 4.72 Å². The van der Waals surface area contributed by atoms with Crippen molar-refractivity contribution in [2.24, 2.45) is 0 Å². The van der Waals surface area contributed by atoms with Crippen molar-refractivity contribution in [2.45, 2.75) is 12.8 Å². The van der Waals surface area contributed by atoms with Crippen LogP contribution in [-0.2, 0) is 21.2 Å². The Labute approximate surface area is 117 Å². The highest BCUT2D eigenvalue weighted by Crippen LogP contribution is 2.22. The number of rotatable bonds is 5. The van der Waals surface area contributed by atoms with E-state index in [2.05, 4.69) is 0 Å². The molecule has 2 rings (SSSR count). The summed E-state index contributed by atoms with van der Waals surface area (Å²) >= 11 is 0. The van der Waals surface area contributed by atoms with E-state index in [1.165, 1.54) is 0 Å². The number of aryl methyl sites for hydroxylation is 1. The molecule has 0 fully saturated rings. The van der Waals surface area contributed by atoms with Gasteiger partial charge in [0, 0.05) is 18.4 Å². The first-order chi connectivity index (χ1) is 9.44. The number of carbonyl (C=O) groups is 1. The topological polar surface area (TPSA) is 76.4 Å². The molecule has 5 nitrogen and oxygen atoms in total. The molecule has 0 aliphatic heterocycles. The lowest BCUT2D eigenvalue weighted by atomic mass is 10.2. The third-order valence-electron chi connectivity index (χ3n) is 2.62. The molecule has 1 aromatic carbocycles. The molecule has 1 heterocycles. The zero-order chi connectivity index (χ0) is 14.6. The summed E-state index contributed by atoms with van der Waals surface area (Å²) in [5.41, 5.74) is 0.958. The van der Waals surface area contributed by atoms with Crippen LogP contribution in [0.1, 0.15) is 12.2 Å². The van der Waals surface area contributed by atoms with Gasteiger partial charge in [0.1, 0.15) is 11.5 Å². The SMILES string of the molecule is CS(=O)(=O)NC(=O)CCc1ccc(-c2ccccc2)o1. The third kappa shape index (κ3) is 4.24. The van der Waals surface area contributed by atoms with Crippen molar-refractivity contribution in [1.29, 1.82) is 0 Å². The molecule has 0 bridgehead atoms. The molecule has 6 heteroatoms. The maximum Gasteiger partial charge on any atom is 0.233 e. The van der Waals surface area contributed by atoms with E-state index < -0.39 is 15.9 Å². The van der Waals surface area contributed by atoms with Crippen LogP contribution in [0.2, 0.25) is 0 Å². The zero-order valence-corrected chi connectivity index (χ0v) is 11.8. The van der Waals surface area contributed by atoms with Gasteiger partial charge in [-0.05, 0) is 12.1 Å². The number of hydrogen-bond acceptors (Lipinski definition) is 4. The van der Waals surface area contributed by atoms with Gasteiger partial charge in [0.05, 0.1) is 6.26 Å². The Balaban J connectivity index is 1.96. The Morgan fingerprint density at radius 3 is 2.50 bits per heavy atom. The highest BCUT2D eigenvalue weighted by Gasteiger charge is 2.10. The normalized spacial score (nSPS) is 11.2. The standard InChI is InChI=1S/C14H15NO4S/c1-20(17,18)15-14(16)10-8-12-7-9-13(19-12)11-5-3-2-4-6-11/h2-7,9H,8,10H2,1H3,(H,15,16). The number of hydrogen-bond donors (Lipinski definition) is 1. The minimum Gasteiger partial charge on any atom is -0.461 e. The van der Waals surface area contributed by atoms with Gasteiger partial charge in [0.2, 0.25) is 15.9 Å². The average molecular weight is 293 g/mol. The van der Waals surface area contributed by atoms with Gasteiger partial charge in [-0.15, -0.1) is 0 Å². The molecule has 0 aliphatic rings. The van der Waals surface area contributed by atoms with E-state index in [-0.39, 0.29) is 6.42 Å². The average Bonchev–Trinajstić information content (AvgIpc) is 2.84. The van der Waals surface area contributed by atoms with Gasteiger partial charge in [0.25, 0.3) is 0 Å². The van der Waals surface area contributed by atoms with E-state index in [0.29, 0.717) is 12.2 Å². The molecule has 0 radical (unpaired) electrons. The van der Waals surface area contributed by atoms with E-state index in [4.69, 9.17) is 4.42 Å². The first-order valence-electron chi connectivity index (χ1n) is 6.09. The van der Waals surface area contributed by atoms with Gasteiger partial charge < -0.3 is 4.42 Å². The van der Waals surface area contributed by atoms with Crippen molar-refractivity contribution in [3.8, 4) is 11.3 Å². The number of amides is 1. The summed E-state index contributed by atoms with van der Waals surface area (Å²) in [6, 6.07) is 13.2. The van der Waals surface area contributed by atoms with Gasteiger partial charge in [-0.1, -0.05) is 30.3 Å². The molecule has 106 valence electrons. The molecule has 2 aromatic rings. The van der Waals surface area contributed by atoms with Crippen LogP contribution in [-0.4, -0.2) is 20.6 Å². The van der Waals surface area contributed by atoms with Crippen LogP contribution >= 0.6 is 0 Å². The van der Waals surface area contributed by atoms with Crippen LogP contribution in [0.4, 0.5) is 0 Å². The van der Waals surface area contributed by atoms with Crippen molar-refractivity contribution in [3.63, 3.8) is 0 Å². The molecule has 0 aliphatic carbocycles. The number of furan rings is 1. The number of benzene rings is 1. The fourth-order valence-electron chi connectivity index (χ4n) is 1.76. The van der Waals surface area contributed by atoms with Crippen molar-refractivity contribution in [3.05, 3.63) is 48.2 Å². The second-order valence-corrected chi connectivity index (χ2v) is 6.18. The molecular formula is C14H15NO4S. The highest BCUT2D eigenvalue weighted by atomic mass is 32.2. The maximum atomic E-state index is 11.4.